The van der Waals surface area contributed by atoms with Crippen LogP contribution in [-0.2, 0) is 4.74 Å². The maximum Gasteiger partial charge on any atom is 0.126 e. The Morgan fingerprint density at radius 1 is 1.08 bits per heavy atom. The molecule has 4 heterocycles. The van der Waals surface area contributed by atoms with Gasteiger partial charge in [0.15, 0.2) is 0 Å². The molecule has 3 N–H and O–H groups in total. The van der Waals surface area contributed by atoms with Gasteiger partial charge in [0.1, 0.15) is 17.7 Å². The predicted octanol–water partition coefficient (Wildman–Crippen LogP) is 4.26. The summed E-state index contributed by atoms with van der Waals surface area (Å²) in [6, 6.07) is 13.1. The zero-order valence-electron chi connectivity index (χ0n) is 19.9. The summed E-state index contributed by atoms with van der Waals surface area (Å²) >= 11 is 0. The van der Waals surface area contributed by atoms with Gasteiger partial charge in [-0.3, -0.25) is 9.97 Å². The molecule has 0 saturated carbocycles. The van der Waals surface area contributed by atoms with Crippen molar-refractivity contribution < 1.29 is 13.5 Å². The number of nitriles is 1. The van der Waals surface area contributed by atoms with Crippen molar-refractivity contribution >= 4 is 22.3 Å². The first kappa shape index (κ1) is 23.3. The average Bonchev–Trinajstić information content (AvgIpc) is 2.91. The number of benzene rings is 2. The zero-order chi connectivity index (χ0) is 25.5. The molecule has 0 spiro atoms. The molecule has 7 nitrogen and oxygen atoms in total. The normalized spacial score (nSPS) is 19.4. The third-order valence-corrected chi connectivity index (χ3v) is 7.11. The van der Waals surface area contributed by atoms with E-state index < -0.39 is 11.6 Å². The van der Waals surface area contributed by atoms with Crippen molar-refractivity contribution in [2.45, 2.75) is 18.6 Å². The van der Waals surface area contributed by atoms with E-state index >= 15 is 0 Å². The molecule has 0 amide bonds. The Labute approximate surface area is 212 Å². The Kier molecular flexibility index (Phi) is 5.91. The first-order valence-corrected chi connectivity index (χ1v) is 12.2. The van der Waals surface area contributed by atoms with E-state index in [1.54, 1.807) is 18.5 Å². The number of fused-ring (bicyclic) bond motifs is 2. The SMILES string of the molecule is N#Cc1ccnc(-c2ccc3ncc(-c4cc(F)cc(F)c4)c(N4CC[C@H]5NCCO[C@@H]5C4)c3c2)c1N. The lowest BCUT2D eigenvalue weighted by Crippen LogP contribution is -2.57. The number of pyridine rings is 2. The summed E-state index contributed by atoms with van der Waals surface area (Å²) in [7, 11) is 0. The van der Waals surface area contributed by atoms with Gasteiger partial charge in [0.05, 0.1) is 40.9 Å². The summed E-state index contributed by atoms with van der Waals surface area (Å²) in [4.78, 5) is 11.3. The van der Waals surface area contributed by atoms with Gasteiger partial charge in [0, 0.05) is 60.6 Å². The van der Waals surface area contributed by atoms with Crippen molar-refractivity contribution in [3.63, 3.8) is 0 Å². The smallest absolute Gasteiger partial charge is 0.126 e. The van der Waals surface area contributed by atoms with Crippen molar-refractivity contribution in [1.82, 2.24) is 15.3 Å². The number of hydrogen-bond acceptors (Lipinski definition) is 7. The van der Waals surface area contributed by atoms with E-state index in [1.807, 2.05) is 18.2 Å². The monoisotopic (exact) mass is 498 g/mol. The minimum absolute atomic E-state index is 0.00406. The maximum atomic E-state index is 14.3. The van der Waals surface area contributed by atoms with E-state index in [0.717, 1.165) is 47.7 Å². The molecule has 37 heavy (non-hydrogen) atoms. The van der Waals surface area contributed by atoms with Gasteiger partial charge >= 0.3 is 0 Å². The summed E-state index contributed by atoms with van der Waals surface area (Å²) in [5.41, 5.74) is 10.7. The molecule has 0 bridgehead atoms. The molecule has 186 valence electrons. The van der Waals surface area contributed by atoms with Gasteiger partial charge in [0.25, 0.3) is 0 Å². The molecule has 2 aliphatic rings. The van der Waals surface area contributed by atoms with Crippen LogP contribution in [0.5, 0.6) is 0 Å². The van der Waals surface area contributed by atoms with E-state index in [9.17, 15) is 14.0 Å². The van der Waals surface area contributed by atoms with E-state index in [1.165, 1.54) is 12.1 Å². The van der Waals surface area contributed by atoms with Gasteiger partial charge in [-0.25, -0.2) is 8.78 Å². The van der Waals surface area contributed by atoms with Crippen LogP contribution in [0.25, 0.3) is 33.3 Å². The van der Waals surface area contributed by atoms with Gasteiger partial charge in [-0.2, -0.15) is 5.26 Å². The van der Waals surface area contributed by atoms with Crippen LogP contribution in [-0.4, -0.2) is 48.4 Å². The standard InChI is InChI=1S/C28H24F2N6O/c29-19-9-18(10-20(30)12-19)22-14-35-23-2-1-16(27-26(32)17(13-31)3-5-34-27)11-21(23)28(22)36-7-4-24-25(15-36)37-8-6-33-24/h1-3,5,9-12,14,24-25,33H,4,6-8,15,32H2/t24-,25-/m1/s1. The number of piperidine rings is 1. The molecule has 2 aromatic heterocycles. The van der Waals surface area contributed by atoms with Gasteiger partial charge in [-0.15, -0.1) is 0 Å². The topological polar surface area (TPSA) is 100 Å². The highest BCUT2D eigenvalue weighted by Crippen LogP contribution is 2.40. The molecule has 2 aromatic carbocycles. The molecule has 4 aromatic rings. The number of nitrogens with one attached hydrogen (secondary N) is 1. The number of ether oxygens (including phenoxy) is 1. The Hall–Kier alpha value is -4.13. The van der Waals surface area contributed by atoms with E-state index in [-0.39, 0.29) is 12.1 Å². The van der Waals surface area contributed by atoms with Crippen LogP contribution in [0.4, 0.5) is 20.2 Å². The third-order valence-electron chi connectivity index (χ3n) is 7.11. The van der Waals surface area contributed by atoms with Crippen molar-refractivity contribution in [2.75, 3.05) is 36.9 Å². The second-order valence-corrected chi connectivity index (χ2v) is 9.35. The number of nitrogen functional groups attached to an aromatic ring is 1. The average molecular weight is 499 g/mol. The molecule has 2 fully saturated rings. The largest absolute Gasteiger partial charge is 0.396 e. The van der Waals surface area contributed by atoms with Gasteiger partial charge < -0.3 is 20.7 Å². The minimum atomic E-state index is -0.654. The second kappa shape index (κ2) is 9.39. The fourth-order valence-corrected chi connectivity index (χ4v) is 5.36. The fraction of sp³-hybridized carbons (Fsp3) is 0.250. The van der Waals surface area contributed by atoms with Crippen LogP contribution in [0, 0.1) is 23.0 Å². The van der Waals surface area contributed by atoms with Crippen LogP contribution in [0.3, 0.4) is 0 Å². The fourth-order valence-electron chi connectivity index (χ4n) is 5.36. The molecule has 0 aliphatic carbocycles. The molecule has 2 atom stereocenters. The van der Waals surface area contributed by atoms with Crippen LogP contribution in [0.2, 0.25) is 0 Å². The highest BCUT2D eigenvalue weighted by Gasteiger charge is 2.33. The number of nitrogens with zero attached hydrogens (tertiary/aromatic N) is 4. The minimum Gasteiger partial charge on any atom is -0.396 e. The maximum absolute atomic E-state index is 14.3. The number of morpholine rings is 1. The molecule has 2 aliphatic heterocycles. The molecular weight excluding hydrogens is 474 g/mol. The van der Waals surface area contributed by atoms with Crippen molar-refractivity contribution in [3.8, 4) is 28.5 Å². The number of hydrogen-bond donors (Lipinski definition) is 2. The molecular formula is C28H24F2N6O. The van der Waals surface area contributed by atoms with Crippen molar-refractivity contribution in [2.24, 2.45) is 0 Å². The lowest BCUT2D eigenvalue weighted by atomic mass is 9.95. The lowest BCUT2D eigenvalue weighted by molar-refractivity contribution is -0.00896. The predicted molar refractivity (Wildman–Crippen MR) is 138 cm³/mol. The Morgan fingerprint density at radius 2 is 1.92 bits per heavy atom. The lowest BCUT2D eigenvalue weighted by Gasteiger charge is -2.43. The van der Waals surface area contributed by atoms with Crippen LogP contribution in [0.1, 0.15) is 12.0 Å². The van der Waals surface area contributed by atoms with Crippen LogP contribution < -0.4 is 16.0 Å². The number of aromatic nitrogens is 2. The first-order chi connectivity index (χ1) is 18.0. The highest BCUT2D eigenvalue weighted by molar-refractivity contribution is 6.02. The van der Waals surface area contributed by atoms with Crippen molar-refractivity contribution in [3.05, 3.63) is 72.1 Å². The Morgan fingerprint density at radius 3 is 2.73 bits per heavy atom. The first-order valence-electron chi connectivity index (χ1n) is 12.2. The summed E-state index contributed by atoms with van der Waals surface area (Å²) < 4.78 is 34.6. The molecule has 9 heteroatoms. The van der Waals surface area contributed by atoms with Gasteiger partial charge in [-0.1, -0.05) is 6.07 Å². The second-order valence-electron chi connectivity index (χ2n) is 9.35. The molecule has 6 rings (SSSR count). The third kappa shape index (κ3) is 4.24. The van der Waals surface area contributed by atoms with Gasteiger partial charge in [0.2, 0.25) is 0 Å². The Balaban J connectivity index is 1.56. The number of anilines is 2. The number of nitrogens with two attached hydrogens (primary N) is 1. The quantitative estimate of drug-likeness (QED) is 0.435. The molecule has 0 unspecified atom stereocenters. The Bertz CT molecular complexity index is 1530. The highest BCUT2D eigenvalue weighted by atomic mass is 19.1. The summed E-state index contributed by atoms with van der Waals surface area (Å²) in [6.07, 6.45) is 4.08. The van der Waals surface area contributed by atoms with E-state index in [0.29, 0.717) is 41.2 Å². The molecule has 0 radical (unpaired) electrons. The van der Waals surface area contributed by atoms with E-state index in [2.05, 4.69) is 26.3 Å². The van der Waals surface area contributed by atoms with E-state index in [4.69, 9.17) is 10.5 Å². The number of rotatable bonds is 3. The molecule has 2 saturated heterocycles. The van der Waals surface area contributed by atoms with Crippen LogP contribution in [0.15, 0.2) is 54.9 Å². The van der Waals surface area contributed by atoms with Crippen LogP contribution >= 0.6 is 0 Å². The number of halogens is 2. The van der Waals surface area contributed by atoms with Crippen molar-refractivity contribution in [1.29, 1.82) is 5.26 Å². The summed E-state index contributed by atoms with van der Waals surface area (Å²) in [6.45, 7) is 2.82. The summed E-state index contributed by atoms with van der Waals surface area (Å²) in [5.74, 6) is -1.31. The zero-order valence-corrected chi connectivity index (χ0v) is 19.9. The summed E-state index contributed by atoms with van der Waals surface area (Å²) in [5, 5.41) is 13.7. The van der Waals surface area contributed by atoms with Gasteiger partial charge in [-0.05, 0) is 42.3 Å².